The molecule has 4 aromatic heterocycles. The molecule has 1 aliphatic rings. The lowest BCUT2D eigenvalue weighted by Gasteiger charge is -2.30. The quantitative estimate of drug-likeness (QED) is 0.0444. The summed E-state index contributed by atoms with van der Waals surface area (Å²) in [6, 6.07) is 0. The summed E-state index contributed by atoms with van der Waals surface area (Å²) in [7, 11) is 2.91. The van der Waals surface area contributed by atoms with Crippen LogP contribution in [0, 0.1) is 5.92 Å². The molecule has 1 saturated heterocycles. The molecule has 0 amide bonds. The lowest BCUT2D eigenvalue weighted by Crippen LogP contribution is -2.37. The van der Waals surface area contributed by atoms with Gasteiger partial charge in [0.2, 0.25) is 5.95 Å². The van der Waals surface area contributed by atoms with E-state index in [1.54, 1.807) is 0 Å². The Bertz CT molecular complexity index is 1640. The van der Waals surface area contributed by atoms with Gasteiger partial charge in [-0.2, -0.15) is 4.98 Å². The molecule has 5 rings (SSSR count). The Hall–Kier alpha value is -2.61. The maximum absolute atomic E-state index is 12.2. The molecule has 228 valence electrons. The number of anilines is 1. The van der Waals surface area contributed by atoms with Crippen molar-refractivity contribution in [3.05, 3.63) is 39.7 Å². The molecule has 42 heavy (non-hydrogen) atoms. The molecule has 5 heterocycles. The highest BCUT2D eigenvalue weighted by Crippen LogP contribution is 2.46. The van der Waals surface area contributed by atoms with E-state index in [4.69, 9.17) is 24.0 Å². The number of H-pyrrole nitrogens is 2. The largest absolute Gasteiger partial charge is 0.386 e. The van der Waals surface area contributed by atoms with Gasteiger partial charge < -0.3 is 39.2 Å². The van der Waals surface area contributed by atoms with Crippen molar-refractivity contribution >= 4 is 58.5 Å². The average molecular weight is 648 g/mol. The van der Waals surface area contributed by atoms with Gasteiger partial charge in [0.1, 0.15) is 23.1 Å². The minimum Gasteiger partial charge on any atom is -0.386 e. The predicted molar refractivity (Wildman–Crippen MR) is 151 cm³/mol. The zero-order valence-corrected chi connectivity index (χ0v) is 24.6. The molecule has 3 unspecified atom stereocenters. The summed E-state index contributed by atoms with van der Waals surface area (Å²) in [5, 5.41) is 30.8. The van der Waals surface area contributed by atoms with Crippen LogP contribution >= 0.6 is 30.3 Å². The fourth-order valence-electron chi connectivity index (χ4n) is 4.51. The Labute approximate surface area is 243 Å². The van der Waals surface area contributed by atoms with E-state index in [0.717, 1.165) is 11.8 Å². The van der Waals surface area contributed by atoms with Crippen molar-refractivity contribution < 1.29 is 38.7 Å². The molecule has 0 saturated carbocycles. The second-order valence-electron chi connectivity index (χ2n) is 8.98. The number of nitrogens with one attached hydrogen (secondary N) is 2. The number of aliphatic hydroxyl groups is 2. The lowest BCUT2D eigenvalue weighted by molar-refractivity contribution is -0.299. The van der Waals surface area contributed by atoms with E-state index in [2.05, 4.69) is 44.3 Å². The maximum Gasteiger partial charge on any atom is 0.280 e. The van der Waals surface area contributed by atoms with Gasteiger partial charge in [0, 0.05) is 16.6 Å². The van der Waals surface area contributed by atoms with Crippen molar-refractivity contribution in [3.8, 4) is 0 Å². The number of aliphatic hydroxyl groups excluding tert-OH is 2. The summed E-state index contributed by atoms with van der Waals surface area (Å²) in [4.78, 5) is 49.8. The average Bonchev–Trinajstić information content (AvgIpc) is 3.67. The van der Waals surface area contributed by atoms with Crippen LogP contribution in [0.3, 0.4) is 0 Å². The zero-order chi connectivity index (χ0) is 30.0. The highest BCUT2D eigenvalue weighted by Gasteiger charge is 2.47. The Morgan fingerprint density at radius 3 is 2.69 bits per heavy atom. The molecule has 22 heteroatoms. The third-order valence-corrected chi connectivity index (χ3v) is 9.00. The standard InChI is InChI=1S/C20H27N9O10P2S/c1-35-8(3-36-40)7(17(33)28-5-24-9-13(28)22-4-23-15(9)31)2-37-41-39-19-11(30)12(38-34)18(42-19)29-6-25-10-14(29)26-20(21)27-16(10)32/h4-8,11-12,17-19,30,33-34,41H,2-3,40H2,1H3,(H,22,23,31)(H3,21,26,27,32)/t7-,8-,11+,12-,17-,18-,19?/m1/s1. The van der Waals surface area contributed by atoms with Gasteiger partial charge in [0.05, 0.1) is 44.2 Å². The minimum absolute atomic E-state index is 0.0165. The molecule has 1 aliphatic heterocycles. The van der Waals surface area contributed by atoms with E-state index < -0.39 is 61.4 Å². The molecule has 7 N–H and O–H groups in total. The molecule has 1 fully saturated rings. The van der Waals surface area contributed by atoms with E-state index in [0.29, 0.717) is 0 Å². The van der Waals surface area contributed by atoms with Gasteiger partial charge in [0.15, 0.2) is 37.5 Å². The van der Waals surface area contributed by atoms with Gasteiger partial charge in [-0.15, -0.1) is 0 Å². The number of fused-ring (bicyclic) bond motifs is 2. The van der Waals surface area contributed by atoms with Crippen molar-refractivity contribution in [2.24, 2.45) is 5.92 Å². The van der Waals surface area contributed by atoms with Crippen LogP contribution < -0.4 is 16.9 Å². The second kappa shape index (κ2) is 13.4. The predicted octanol–water partition coefficient (Wildman–Crippen LogP) is -0.904. The zero-order valence-electron chi connectivity index (χ0n) is 21.6. The molecule has 0 aliphatic carbocycles. The first kappa shape index (κ1) is 30.8. The number of thioether (sulfide) groups is 1. The Balaban J connectivity index is 1.28. The number of nitrogens with two attached hydrogens (primary N) is 1. The van der Waals surface area contributed by atoms with Gasteiger partial charge in [-0.05, 0) is 0 Å². The molecule has 19 nitrogen and oxygen atoms in total. The van der Waals surface area contributed by atoms with Gasteiger partial charge >= 0.3 is 0 Å². The molecule has 4 aromatic rings. The summed E-state index contributed by atoms with van der Waals surface area (Å²) in [5.74, 6) is -0.883. The Morgan fingerprint density at radius 2 is 1.95 bits per heavy atom. The molecule has 9 atom stereocenters. The fourth-order valence-corrected chi connectivity index (χ4v) is 6.84. The number of hydrogen-bond donors (Lipinski definition) is 6. The van der Waals surface area contributed by atoms with Crippen LogP contribution in [0.2, 0.25) is 0 Å². The Kier molecular flexibility index (Phi) is 9.81. The first-order chi connectivity index (χ1) is 20.3. The number of rotatable bonds is 13. The first-order valence-corrected chi connectivity index (χ1v) is 14.3. The van der Waals surface area contributed by atoms with Gasteiger partial charge in [0.25, 0.3) is 11.1 Å². The highest BCUT2D eigenvalue weighted by molar-refractivity contribution is 8.00. The number of imidazole rings is 2. The second-order valence-corrected chi connectivity index (χ2v) is 11.2. The van der Waals surface area contributed by atoms with E-state index >= 15 is 0 Å². The SMILES string of the molecule is CO[C@H](COP)[C@@H](COPOC1S[C@@H](n2cnc3c(=O)[nH]c(N)nc32)[C@H](OO)[C@@H]1O)[C@@H](O)n1cnc2c(=O)[nH]cnc21. The topological polar surface area (TPSA) is 260 Å². The minimum atomic E-state index is -1.32. The Morgan fingerprint density at radius 1 is 1.19 bits per heavy atom. The van der Waals surface area contributed by atoms with Crippen LogP contribution in [-0.2, 0) is 23.2 Å². The third kappa shape index (κ3) is 5.93. The van der Waals surface area contributed by atoms with Gasteiger partial charge in [-0.3, -0.25) is 29.0 Å². The third-order valence-electron chi connectivity index (χ3n) is 6.59. The number of nitrogens with zero attached hydrogens (tertiary/aromatic N) is 6. The normalized spacial score (nSPS) is 23.4. The lowest BCUT2D eigenvalue weighted by atomic mass is 10.0. The monoisotopic (exact) mass is 647 g/mol. The molecular formula is C20H27N9O10P2S. The summed E-state index contributed by atoms with van der Waals surface area (Å²) < 4.78 is 24.9. The van der Waals surface area contributed by atoms with Crippen LogP contribution in [0.4, 0.5) is 5.95 Å². The summed E-state index contributed by atoms with van der Waals surface area (Å²) >= 11 is 1.07. The molecular weight excluding hydrogens is 620 g/mol. The van der Waals surface area contributed by atoms with E-state index in [1.807, 2.05) is 0 Å². The van der Waals surface area contributed by atoms with Crippen LogP contribution in [0.25, 0.3) is 22.3 Å². The fraction of sp³-hybridized carbons (Fsp3) is 0.500. The highest BCUT2D eigenvalue weighted by atomic mass is 32.2. The van der Waals surface area contributed by atoms with Crippen LogP contribution in [-0.4, -0.2) is 98.6 Å². The molecule has 0 spiro atoms. The van der Waals surface area contributed by atoms with Crippen LogP contribution in [0.1, 0.15) is 11.6 Å². The summed E-state index contributed by atoms with van der Waals surface area (Å²) in [5.41, 5.74) is 4.08. The number of hydrogen-bond acceptors (Lipinski definition) is 16. The molecule has 0 bridgehead atoms. The number of aromatic amines is 2. The molecule has 0 aromatic carbocycles. The van der Waals surface area contributed by atoms with Crippen molar-refractivity contribution in [1.82, 2.24) is 39.0 Å². The summed E-state index contributed by atoms with van der Waals surface area (Å²) in [6.07, 6.45) is -0.653. The first-order valence-electron chi connectivity index (χ1n) is 12.1. The van der Waals surface area contributed by atoms with Crippen LogP contribution in [0.5, 0.6) is 0 Å². The maximum atomic E-state index is 12.2. The van der Waals surface area contributed by atoms with Crippen LogP contribution in [0.15, 0.2) is 28.6 Å². The van der Waals surface area contributed by atoms with Gasteiger partial charge in [-0.1, -0.05) is 11.8 Å². The number of methoxy groups -OCH3 is 1. The van der Waals surface area contributed by atoms with E-state index in [9.17, 15) is 25.1 Å². The van der Waals surface area contributed by atoms with Crippen molar-refractivity contribution in [1.29, 1.82) is 0 Å². The number of aromatic nitrogens is 8. The van der Waals surface area contributed by atoms with Crippen molar-refractivity contribution in [2.45, 2.75) is 35.3 Å². The number of nitrogen functional groups attached to an aromatic ring is 1. The number of ether oxygens (including phenoxy) is 1. The van der Waals surface area contributed by atoms with Crippen molar-refractivity contribution in [3.63, 3.8) is 0 Å². The summed E-state index contributed by atoms with van der Waals surface area (Å²) in [6.45, 7) is -0.0323. The van der Waals surface area contributed by atoms with Gasteiger partial charge in [-0.25, -0.2) is 19.8 Å². The van der Waals surface area contributed by atoms with E-state index in [1.165, 1.54) is 35.2 Å². The molecule has 0 radical (unpaired) electrons. The van der Waals surface area contributed by atoms with E-state index in [-0.39, 0.29) is 41.5 Å². The van der Waals surface area contributed by atoms with Crippen molar-refractivity contribution in [2.75, 3.05) is 26.1 Å². The smallest absolute Gasteiger partial charge is 0.280 e.